The third kappa shape index (κ3) is 5.73. The summed E-state index contributed by atoms with van der Waals surface area (Å²) in [5, 5.41) is 18.7. The Morgan fingerprint density at radius 2 is 0.833 bits per heavy atom. The number of rotatable bonds is 4. The van der Waals surface area contributed by atoms with Gasteiger partial charge in [0.1, 0.15) is 0 Å². The highest BCUT2D eigenvalue weighted by Gasteiger charge is 2.51. The van der Waals surface area contributed by atoms with Gasteiger partial charge in [0, 0.05) is 0 Å². The van der Waals surface area contributed by atoms with Crippen LogP contribution in [0.5, 0.6) is 0 Å². The Labute approximate surface area is 170 Å². The van der Waals surface area contributed by atoms with Crippen LogP contribution in [0.15, 0.2) is 61.7 Å². The Balaban J connectivity index is 0.000000300. The maximum atomic E-state index is 12.4. The minimum Gasteiger partial charge on any atom is -0.376 e. The first-order chi connectivity index (χ1) is 13.6. The number of alkyl halides is 6. The van der Waals surface area contributed by atoms with Gasteiger partial charge in [-0.2, -0.15) is 26.3 Å². The van der Waals surface area contributed by atoms with Crippen LogP contribution in [0.25, 0.3) is 12.2 Å². The van der Waals surface area contributed by atoms with Crippen molar-refractivity contribution in [1.82, 2.24) is 0 Å². The topological polar surface area (TPSA) is 40.5 Å². The summed E-state index contributed by atoms with van der Waals surface area (Å²) >= 11 is 0. The van der Waals surface area contributed by atoms with Crippen LogP contribution in [0.4, 0.5) is 26.3 Å². The van der Waals surface area contributed by atoms with Crippen molar-refractivity contribution < 1.29 is 36.6 Å². The predicted molar refractivity (Wildman–Crippen MR) is 104 cm³/mol. The fraction of sp³-hybridized carbons (Fsp3) is 0.273. The third-order valence-electron chi connectivity index (χ3n) is 4.52. The fourth-order valence-electron chi connectivity index (χ4n) is 2.21. The summed E-state index contributed by atoms with van der Waals surface area (Å²) in [6.07, 6.45) is -6.32. The fourth-order valence-corrected chi connectivity index (χ4v) is 2.21. The van der Waals surface area contributed by atoms with Crippen molar-refractivity contribution in [2.45, 2.75) is 37.4 Å². The summed E-state index contributed by atoms with van der Waals surface area (Å²) < 4.78 is 74.6. The monoisotopic (exact) mass is 432 g/mol. The second-order valence-electron chi connectivity index (χ2n) is 6.79. The quantitative estimate of drug-likeness (QED) is 0.565. The Hall–Kier alpha value is -2.58. The second-order valence-corrected chi connectivity index (χ2v) is 6.79. The number of hydrogen-bond donors (Lipinski definition) is 2. The lowest BCUT2D eigenvalue weighted by Crippen LogP contribution is -2.39. The first-order valence-electron chi connectivity index (χ1n) is 8.62. The first kappa shape index (κ1) is 25.5. The van der Waals surface area contributed by atoms with Gasteiger partial charge in [-0.1, -0.05) is 73.8 Å². The van der Waals surface area contributed by atoms with E-state index in [4.69, 9.17) is 0 Å². The maximum Gasteiger partial charge on any atom is 0.421 e. The van der Waals surface area contributed by atoms with Gasteiger partial charge < -0.3 is 10.2 Å². The molecule has 0 radical (unpaired) electrons. The Kier molecular flexibility index (Phi) is 7.68. The molecule has 0 aliphatic rings. The highest BCUT2D eigenvalue weighted by Crippen LogP contribution is 2.39. The lowest BCUT2D eigenvalue weighted by molar-refractivity contribution is -0.259. The smallest absolute Gasteiger partial charge is 0.376 e. The zero-order valence-corrected chi connectivity index (χ0v) is 16.3. The molecule has 2 N–H and O–H groups in total. The van der Waals surface area contributed by atoms with Gasteiger partial charge in [0.15, 0.2) is 11.2 Å². The lowest BCUT2D eigenvalue weighted by Gasteiger charge is -2.26. The van der Waals surface area contributed by atoms with Gasteiger partial charge in [-0.05, 0) is 36.1 Å². The van der Waals surface area contributed by atoms with Gasteiger partial charge in [-0.15, -0.1) is 0 Å². The van der Waals surface area contributed by atoms with E-state index in [1.807, 2.05) is 0 Å². The molecule has 0 aromatic heterocycles. The molecule has 0 heterocycles. The van der Waals surface area contributed by atoms with Crippen LogP contribution in [-0.4, -0.2) is 22.6 Å². The largest absolute Gasteiger partial charge is 0.421 e. The van der Waals surface area contributed by atoms with Crippen molar-refractivity contribution in [3.8, 4) is 0 Å². The minimum absolute atomic E-state index is 0.180. The van der Waals surface area contributed by atoms with E-state index >= 15 is 0 Å². The summed E-state index contributed by atoms with van der Waals surface area (Å²) in [7, 11) is 0. The average molecular weight is 432 g/mol. The first-order valence-corrected chi connectivity index (χ1v) is 8.62. The lowest BCUT2D eigenvalue weighted by atomic mass is 9.94. The molecule has 0 saturated carbocycles. The molecule has 2 nitrogen and oxygen atoms in total. The maximum absolute atomic E-state index is 12.4. The van der Waals surface area contributed by atoms with E-state index in [0.717, 1.165) is 13.8 Å². The molecule has 2 rings (SSSR count). The molecule has 30 heavy (non-hydrogen) atoms. The molecule has 2 aromatic carbocycles. The van der Waals surface area contributed by atoms with Gasteiger partial charge >= 0.3 is 12.4 Å². The molecule has 2 unspecified atom stereocenters. The number of benzene rings is 2. The highest BCUT2D eigenvalue weighted by molar-refractivity contribution is 5.48. The van der Waals surface area contributed by atoms with Crippen LogP contribution in [0, 0.1) is 0 Å². The van der Waals surface area contributed by atoms with E-state index in [2.05, 4.69) is 13.2 Å². The molecule has 0 fully saturated rings. The van der Waals surface area contributed by atoms with Crippen LogP contribution in [0.2, 0.25) is 0 Å². The SMILES string of the molecule is C=Cc1ccc(C(C)(O)C(F)(F)F)cc1.C=Cc1ccc(C(C)(O)C(F)(F)F)cc1. The molecule has 164 valence electrons. The van der Waals surface area contributed by atoms with E-state index in [9.17, 15) is 36.6 Å². The molecule has 0 amide bonds. The van der Waals surface area contributed by atoms with E-state index in [1.54, 1.807) is 0 Å². The predicted octanol–water partition coefficient (Wildman–Crippen LogP) is 6.20. The Bertz CT molecular complexity index is 772. The molecule has 0 spiro atoms. The number of hydrogen-bond acceptors (Lipinski definition) is 2. The van der Waals surface area contributed by atoms with Crippen LogP contribution in [0.3, 0.4) is 0 Å². The van der Waals surface area contributed by atoms with E-state index in [-0.39, 0.29) is 11.1 Å². The van der Waals surface area contributed by atoms with Crippen LogP contribution in [-0.2, 0) is 11.2 Å². The molecular weight excluding hydrogens is 410 g/mol. The van der Waals surface area contributed by atoms with Crippen LogP contribution in [0.1, 0.15) is 36.1 Å². The molecule has 0 saturated heterocycles. The van der Waals surface area contributed by atoms with Gasteiger partial charge in [-0.3, -0.25) is 0 Å². The Morgan fingerprint density at radius 1 is 0.600 bits per heavy atom. The summed E-state index contributed by atoms with van der Waals surface area (Å²) in [4.78, 5) is 0. The van der Waals surface area contributed by atoms with Crippen LogP contribution < -0.4 is 0 Å². The van der Waals surface area contributed by atoms with Crippen molar-refractivity contribution in [3.63, 3.8) is 0 Å². The minimum atomic E-state index is -4.68. The van der Waals surface area contributed by atoms with E-state index in [1.165, 1.54) is 60.7 Å². The molecular formula is C22H22F6O2. The van der Waals surface area contributed by atoms with Crippen molar-refractivity contribution in [3.05, 3.63) is 83.9 Å². The van der Waals surface area contributed by atoms with Crippen molar-refractivity contribution >= 4 is 12.2 Å². The normalized spacial score (nSPS) is 15.8. The zero-order valence-electron chi connectivity index (χ0n) is 16.3. The average Bonchev–Trinajstić information content (AvgIpc) is 2.67. The van der Waals surface area contributed by atoms with Crippen LogP contribution >= 0.6 is 0 Å². The van der Waals surface area contributed by atoms with Crippen molar-refractivity contribution in [2.75, 3.05) is 0 Å². The van der Waals surface area contributed by atoms with Gasteiger partial charge in [-0.25, -0.2) is 0 Å². The molecule has 2 atom stereocenters. The molecule has 2 aromatic rings. The highest BCUT2D eigenvalue weighted by atomic mass is 19.4. The van der Waals surface area contributed by atoms with Crippen molar-refractivity contribution in [1.29, 1.82) is 0 Å². The molecule has 0 bridgehead atoms. The summed E-state index contributed by atoms with van der Waals surface area (Å²) in [5.41, 5.74) is -4.57. The second kappa shape index (κ2) is 9.06. The molecule has 8 heteroatoms. The summed E-state index contributed by atoms with van der Waals surface area (Å²) in [6, 6.07) is 10.9. The summed E-state index contributed by atoms with van der Waals surface area (Å²) in [5.74, 6) is 0. The van der Waals surface area contributed by atoms with E-state index in [0.29, 0.717) is 11.1 Å². The zero-order chi connectivity index (χ0) is 23.4. The van der Waals surface area contributed by atoms with Gasteiger partial charge in [0.25, 0.3) is 0 Å². The summed E-state index contributed by atoms with van der Waals surface area (Å²) in [6.45, 7) is 8.44. The number of aliphatic hydroxyl groups is 2. The standard InChI is InChI=1S/2C11H11F3O/c2*1-3-8-4-6-9(7-5-8)10(2,15)11(12,13)14/h2*3-7,15H,1H2,2H3. The third-order valence-corrected chi connectivity index (χ3v) is 4.52. The molecule has 0 aliphatic carbocycles. The molecule has 0 aliphatic heterocycles. The Morgan fingerprint density at radius 3 is 1.00 bits per heavy atom. The number of halogens is 6. The van der Waals surface area contributed by atoms with Gasteiger partial charge in [0.2, 0.25) is 0 Å². The van der Waals surface area contributed by atoms with Gasteiger partial charge in [0.05, 0.1) is 0 Å². The van der Waals surface area contributed by atoms with E-state index < -0.39 is 23.6 Å². The van der Waals surface area contributed by atoms with Crippen molar-refractivity contribution in [2.24, 2.45) is 0 Å².